The van der Waals surface area contributed by atoms with E-state index in [2.05, 4.69) is 26.1 Å². The maximum Gasteiger partial charge on any atom is 0.416 e. The van der Waals surface area contributed by atoms with E-state index < -0.39 is 23.5 Å². The van der Waals surface area contributed by atoms with Crippen molar-refractivity contribution < 1.29 is 22.4 Å². The Morgan fingerprint density at radius 2 is 1.61 bits per heavy atom. The van der Waals surface area contributed by atoms with Gasteiger partial charge in [-0.05, 0) is 46.7 Å². The van der Waals surface area contributed by atoms with Gasteiger partial charge in [0.15, 0.2) is 5.82 Å². The van der Waals surface area contributed by atoms with Gasteiger partial charge >= 0.3 is 6.18 Å². The van der Waals surface area contributed by atoms with E-state index in [9.17, 15) is 22.4 Å². The molecule has 1 N–H and O–H groups in total. The Bertz CT molecular complexity index is 1220. The molecule has 0 spiro atoms. The first-order valence-corrected chi connectivity index (χ1v) is 11.9. The second-order valence-corrected chi connectivity index (χ2v) is 10.1. The minimum Gasteiger partial charge on any atom is -0.387 e. The number of hydrogen-bond acceptors (Lipinski definition) is 2. The van der Waals surface area contributed by atoms with Crippen LogP contribution in [0.1, 0.15) is 53.4 Å². The fourth-order valence-corrected chi connectivity index (χ4v) is 4.03. The summed E-state index contributed by atoms with van der Waals surface area (Å²) in [5.41, 5.74) is 1.61. The number of carbonyl (C=O) groups excluding carboxylic acids is 1. The highest BCUT2D eigenvalue weighted by molar-refractivity contribution is 6.31. The van der Waals surface area contributed by atoms with Gasteiger partial charge in [-0.2, -0.15) is 13.2 Å². The van der Waals surface area contributed by atoms with E-state index in [1.165, 1.54) is 23.1 Å². The van der Waals surface area contributed by atoms with Crippen LogP contribution in [-0.2, 0) is 24.6 Å². The molecule has 192 valence electrons. The van der Waals surface area contributed by atoms with Crippen molar-refractivity contribution in [2.45, 2.75) is 45.3 Å². The van der Waals surface area contributed by atoms with E-state index in [1.807, 2.05) is 24.3 Å². The molecule has 0 aliphatic heterocycles. The summed E-state index contributed by atoms with van der Waals surface area (Å²) in [4.78, 5) is 15.0. The van der Waals surface area contributed by atoms with Crippen LogP contribution in [0.5, 0.6) is 0 Å². The number of nitrogens with one attached hydrogen (secondary N) is 1. The van der Waals surface area contributed by atoms with Crippen molar-refractivity contribution in [1.29, 1.82) is 0 Å². The summed E-state index contributed by atoms with van der Waals surface area (Å²) in [6.45, 7) is 6.50. The lowest BCUT2D eigenvalue weighted by atomic mass is 9.87. The zero-order chi connectivity index (χ0) is 26.7. The van der Waals surface area contributed by atoms with E-state index in [0.29, 0.717) is 5.56 Å². The fourth-order valence-electron chi connectivity index (χ4n) is 3.88. The highest BCUT2D eigenvalue weighted by Crippen LogP contribution is 2.31. The first-order chi connectivity index (χ1) is 16.8. The largest absolute Gasteiger partial charge is 0.416 e. The van der Waals surface area contributed by atoms with E-state index in [1.54, 1.807) is 13.1 Å². The topological polar surface area (TPSA) is 32.3 Å². The van der Waals surface area contributed by atoms with Gasteiger partial charge in [0, 0.05) is 25.8 Å². The summed E-state index contributed by atoms with van der Waals surface area (Å²) in [6, 6.07) is 15.6. The van der Waals surface area contributed by atoms with Gasteiger partial charge in [-0.3, -0.25) is 4.79 Å². The second-order valence-electron chi connectivity index (χ2n) is 9.66. The second kappa shape index (κ2) is 10.9. The first kappa shape index (κ1) is 27.5. The van der Waals surface area contributed by atoms with Crippen LogP contribution in [0.15, 0.2) is 60.7 Å². The van der Waals surface area contributed by atoms with Crippen LogP contribution in [0.4, 0.5) is 23.2 Å². The predicted molar refractivity (Wildman–Crippen MR) is 136 cm³/mol. The third-order valence-corrected chi connectivity index (χ3v) is 6.28. The number of hydrogen-bond donors (Lipinski definition) is 1. The van der Waals surface area contributed by atoms with Crippen LogP contribution < -0.4 is 5.32 Å². The SMILES string of the molecule is CNc1ccc(Cl)c(F)c1C(=O)N(CCc1cccc(C(F)(F)F)c1)Cc1ccc(C(C)(C)C)cc1. The number of anilines is 1. The molecular weight excluding hydrogens is 492 g/mol. The van der Waals surface area contributed by atoms with E-state index in [0.717, 1.165) is 23.3 Å². The molecule has 0 radical (unpaired) electrons. The normalized spacial score (nSPS) is 11.9. The smallest absolute Gasteiger partial charge is 0.387 e. The lowest BCUT2D eigenvalue weighted by Gasteiger charge is -2.25. The molecule has 0 saturated carbocycles. The van der Waals surface area contributed by atoms with Crippen LogP contribution in [0.3, 0.4) is 0 Å². The van der Waals surface area contributed by atoms with Crippen molar-refractivity contribution in [2.75, 3.05) is 18.9 Å². The molecule has 0 heterocycles. The molecule has 3 aromatic carbocycles. The zero-order valence-electron chi connectivity index (χ0n) is 20.6. The van der Waals surface area contributed by atoms with Crippen molar-refractivity contribution >= 4 is 23.2 Å². The molecule has 3 nitrogen and oxygen atoms in total. The van der Waals surface area contributed by atoms with Gasteiger partial charge in [0.25, 0.3) is 5.91 Å². The van der Waals surface area contributed by atoms with Crippen LogP contribution in [0.2, 0.25) is 5.02 Å². The molecule has 8 heteroatoms. The third-order valence-electron chi connectivity index (χ3n) is 5.98. The number of rotatable bonds is 7. The van der Waals surface area contributed by atoms with Gasteiger partial charge in [-0.15, -0.1) is 0 Å². The predicted octanol–water partition coefficient (Wildman–Crippen LogP) is 7.72. The third kappa shape index (κ3) is 6.58. The summed E-state index contributed by atoms with van der Waals surface area (Å²) in [7, 11) is 1.57. The average molecular weight is 521 g/mol. The number of halogens is 5. The standard InChI is InChI=1S/C28H29ClF4N2O/c1-27(2,3)20-10-8-19(9-11-20)17-35(15-14-18-6-5-7-21(16-18)28(31,32)33)26(36)24-23(34-4)13-12-22(29)25(24)30/h5-13,16,34H,14-15,17H2,1-4H3. The molecule has 0 unspecified atom stereocenters. The van der Waals surface area contributed by atoms with E-state index >= 15 is 0 Å². The minimum atomic E-state index is -4.47. The van der Waals surface area contributed by atoms with Gasteiger partial charge in [0.2, 0.25) is 0 Å². The quantitative estimate of drug-likeness (QED) is 0.323. The highest BCUT2D eigenvalue weighted by Gasteiger charge is 2.30. The van der Waals surface area contributed by atoms with Gasteiger partial charge < -0.3 is 10.2 Å². The summed E-state index contributed by atoms with van der Waals surface area (Å²) in [6.07, 6.45) is -4.31. The van der Waals surface area contributed by atoms with Gasteiger partial charge in [0.05, 0.1) is 16.1 Å². The molecule has 0 aliphatic carbocycles. The Kier molecular flexibility index (Phi) is 8.34. The van der Waals surface area contributed by atoms with Crippen LogP contribution in [0, 0.1) is 5.82 Å². The Morgan fingerprint density at radius 1 is 0.944 bits per heavy atom. The molecule has 1 amide bonds. The lowest BCUT2D eigenvalue weighted by molar-refractivity contribution is -0.137. The number of amides is 1. The molecular formula is C28H29ClF4N2O. The molecule has 3 aromatic rings. The van der Waals surface area contributed by atoms with Crippen LogP contribution in [0.25, 0.3) is 0 Å². The number of carbonyl (C=O) groups is 1. The number of nitrogens with zero attached hydrogens (tertiary/aromatic N) is 1. The zero-order valence-corrected chi connectivity index (χ0v) is 21.4. The highest BCUT2D eigenvalue weighted by atomic mass is 35.5. The summed E-state index contributed by atoms with van der Waals surface area (Å²) in [5, 5.41) is 2.62. The van der Waals surface area contributed by atoms with Crippen molar-refractivity contribution in [1.82, 2.24) is 4.90 Å². The summed E-state index contributed by atoms with van der Waals surface area (Å²) in [5.74, 6) is -1.45. The molecule has 0 aliphatic rings. The summed E-state index contributed by atoms with van der Waals surface area (Å²) < 4.78 is 54.5. The average Bonchev–Trinajstić information content (AvgIpc) is 2.82. The van der Waals surface area contributed by atoms with Crippen LogP contribution >= 0.6 is 11.6 Å². The fraction of sp³-hybridized carbons (Fsp3) is 0.321. The van der Waals surface area contributed by atoms with Gasteiger partial charge in [-0.25, -0.2) is 4.39 Å². The maximum absolute atomic E-state index is 15.0. The first-order valence-electron chi connectivity index (χ1n) is 11.5. The molecule has 0 atom stereocenters. The number of alkyl halides is 3. The molecule has 0 aromatic heterocycles. The van der Waals surface area contributed by atoms with Crippen LogP contribution in [-0.4, -0.2) is 24.4 Å². The van der Waals surface area contributed by atoms with E-state index in [-0.39, 0.29) is 41.2 Å². The Balaban J connectivity index is 1.94. The molecule has 36 heavy (non-hydrogen) atoms. The van der Waals surface area contributed by atoms with Gasteiger partial charge in [0.1, 0.15) is 0 Å². The lowest BCUT2D eigenvalue weighted by Crippen LogP contribution is -2.33. The van der Waals surface area contributed by atoms with Crippen molar-refractivity contribution in [2.24, 2.45) is 0 Å². The molecule has 0 saturated heterocycles. The Morgan fingerprint density at radius 3 is 2.19 bits per heavy atom. The number of benzene rings is 3. The van der Waals surface area contributed by atoms with Crippen molar-refractivity contribution in [3.8, 4) is 0 Å². The van der Waals surface area contributed by atoms with Gasteiger partial charge in [-0.1, -0.05) is 74.8 Å². The minimum absolute atomic E-state index is 0.0524. The van der Waals surface area contributed by atoms with Crippen molar-refractivity contribution in [3.63, 3.8) is 0 Å². The van der Waals surface area contributed by atoms with E-state index in [4.69, 9.17) is 11.6 Å². The Hall–Kier alpha value is -3.06. The summed E-state index contributed by atoms with van der Waals surface area (Å²) >= 11 is 5.96. The Labute approximate surface area is 214 Å². The van der Waals surface area contributed by atoms with Crippen molar-refractivity contribution in [3.05, 3.63) is 99.3 Å². The maximum atomic E-state index is 15.0. The monoisotopic (exact) mass is 520 g/mol. The molecule has 3 rings (SSSR count). The molecule has 0 fully saturated rings. The molecule has 0 bridgehead atoms.